The Bertz CT molecular complexity index is 803. The summed E-state index contributed by atoms with van der Waals surface area (Å²) in [4.78, 5) is 32.6. The number of hydrogen-bond donors (Lipinski definition) is 2. The number of amides is 1. The molecule has 2 aromatic rings. The van der Waals surface area contributed by atoms with Crippen LogP contribution in [0.4, 0.5) is 0 Å². The van der Waals surface area contributed by atoms with E-state index in [1.165, 1.54) is 23.5 Å². The van der Waals surface area contributed by atoms with Gasteiger partial charge in [-0.3, -0.25) is 4.79 Å². The quantitative estimate of drug-likeness (QED) is 0.791. The van der Waals surface area contributed by atoms with Crippen molar-refractivity contribution in [2.24, 2.45) is 5.41 Å². The molecule has 1 aliphatic rings. The van der Waals surface area contributed by atoms with E-state index in [2.05, 4.69) is 20.4 Å². The average molecular weight is 359 g/mol. The highest BCUT2D eigenvalue weighted by atomic mass is 16.5. The summed E-state index contributed by atoms with van der Waals surface area (Å²) < 4.78 is 7.06. The van der Waals surface area contributed by atoms with Crippen molar-refractivity contribution >= 4 is 11.9 Å². The van der Waals surface area contributed by atoms with Crippen LogP contribution in [-0.4, -0.2) is 55.0 Å². The van der Waals surface area contributed by atoms with Crippen LogP contribution >= 0.6 is 0 Å². The van der Waals surface area contributed by atoms with Crippen LogP contribution in [0.25, 0.3) is 5.82 Å². The molecule has 9 nitrogen and oxygen atoms in total. The molecule has 1 fully saturated rings. The van der Waals surface area contributed by atoms with E-state index in [0.29, 0.717) is 12.4 Å². The molecule has 2 atom stereocenters. The molecule has 1 saturated carbocycles. The van der Waals surface area contributed by atoms with Gasteiger partial charge in [-0.2, -0.15) is 5.10 Å². The van der Waals surface area contributed by atoms with Gasteiger partial charge in [-0.05, 0) is 19.1 Å². The molecule has 2 unspecified atom stereocenters. The fourth-order valence-corrected chi connectivity index (χ4v) is 3.29. The molecule has 0 bridgehead atoms. The van der Waals surface area contributed by atoms with Gasteiger partial charge in [0.15, 0.2) is 5.82 Å². The Kier molecular flexibility index (Phi) is 4.49. The third kappa shape index (κ3) is 2.74. The van der Waals surface area contributed by atoms with Crippen molar-refractivity contribution in [3.63, 3.8) is 0 Å². The lowest BCUT2D eigenvalue weighted by molar-refractivity contribution is -0.190. The smallest absolute Gasteiger partial charge is 0.330 e. The van der Waals surface area contributed by atoms with Crippen LogP contribution in [0.3, 0.4) is 0 Å². The van der Waals surface area contributed by atoms with Gasteiger partial charge in [0.2, 0.25) is 0 Å². The fourth-order valence-electron chi connectivity index (χ4n) is 3.29. The second kappa shape index (κ2) is 6.49. The van der Waals surface area contributed by atoms with E-state index >= 15 is 0 Å². The van der Waals surface area contributed by atoms with Gasteiger partial charge in [-0.15, -0.1) is 0 Å². The van der Waals surface area contributed by atoms with Crippen molar-refractivity contribution in [1.82, 2.24) is 25.1 Å². The Morgan fingerprint density at radius 3 is 2.69 bits per heavy atom. The van der Waals surface area contributed by atoms with Crippen LogP contribution in [0, 0.1) is 5.41 Å². The second-order valence-electron chi connectivity index (χ2n) is 6.78. The molecular formula is C17H21N5O4. The molecule has 0 aliphatic heterocycles. The van der Waals surface area contributed by atoms with E-state index in [0.717, 1.165) is 0 Å². The Labute approximate surface area is 150 Å². The summed E-state index contributed by atoms with van der Waals surface area (Å²) in [7, 11) is 0. The molecule has 2 heterocycles. The van der Waals surface area contributed by atoms with Gasteiger partial charge < -0.3 is 15.2 Å². The first kappa shape index (κ1) is 18.0. The standard InChI is InChI=1S/C17H21N5O4/c1-4-26-12-7-17(15(24)25,16(12,2)3)21-14(23)11-5-6-13(19-8-11)22-10-18-9-20-22/h5-6,8-10,12H,4,7H2,1-3H3,(H,21,23)(H,24,25). The number of nitrogens with one attached hydrogen (secondary N) is 1. The molecular weight excluding hydrogens is 338 g/mol. The minimum atomic E-state index is -1.38. The Hall–Kier alpha value is -2.81. The second-order valence-corrected chi connectivity index (χ2v) is 6.78. The lowest BCUT2D eigenvalue weighted by Gasteiger charge is -2.58. The number of pyridine rings is 1. The molecule has 3 rings (SSSR count). The van der Waals surface area contributed by atoms with Gasteiger partial charge in [0.25, 0.3) is 5.91 Å². The predicted molar refractivity (Wildman–Crippen MR) is 90.8 cm³/mol. The first-order chi connectivity index (χ1) is 12.3. The van der Waals surface area contributed by atoms with Crippen LogP contribution in [0.5, 0.6) is 0 Å². The highest BCUT2D eigenvalue weighted by Gasteiger charge is 2.66. The van der Waals surface area contributed by atoms with Crippen LogP contribution in [0.2, 0.25) is 0 Å². The van der Waals surface area contributed by atoms with Crippen molar-refractivity contribution in [2.45, 2.75) is 38.8 Å². The number of nitrogens with zero attached hydrogens (tertiary/aromatic N) is 4. The number of aromatic nitrogens is 4. The van der Waals surface area contributed by atoms with E-state index in [4.69, 9.17) is 4.74 Å². The maximum atomic E-state index is 12.6. The molecule has 1 amide bonds. The minimum absolute atomic E-state index is 0.222. The SMILES string of the molecule is CCOC1CC(NC(=O)c2ccc(-n3cncn3)nc2)(C(=O)O)C1(C)C. The summed E-state index contributed by atoms with van der Waals surface area (Å²) in [6, 6.07) is 3.19. The van der Waals surface area contributed by atoms with Crippen molar-refractivity contribution < 1.29 is 19.4 Å². The zero-order valence-corrected chi connectivity index (χ0v) is 14.8. The normalized spacial score (nSPS) is 23.9. The molecule has 0 spiro atoms. The lowest BCUT2D eigenvalue weighted by atomic mass is 9.54. The topological polar surface area (TPSA) is 119 Å². The number of carboxylic acids is 1. The van der Waals surface area contributed by atoms with Gasteiger partial charge in [0, 0.05) is 24.6 Å². The average Bonchev–Trinajstić information content (AvgIpc) is 3.15. The zero-order valence-electron chi connectivity index (χ0n) is 14.8. The summed E-state index contributed by atoms with van der Waals surface area (Å²) in [6.07, 6.45) is 4.25. The van der Waals surface area contributed by atoms with E-state index < -0.39 is 22.8 Å². The number of rotatable bonds is 6. The molecule has 0 aromatic carbocycles. The Balaban J connectivity index is 1.78. The maximum absolute atomic E-state index is 12.6. The molecule has 0 saturated heterocycles. The number of carboxylic acid groups (broad SMARTS) is 1. The molecule has 2 N–H and O–H groups in total. The highest BCUT2D eigenvalue weighted by molar-refractivity contribution is 5.98. The Morgan fingerprint density at radius 1 is 1.42 bits per heavy atom. The van der Waals surface area contributed by atoms with E-state index in [1.807, 2.05) is 6.92 Å². The third-order valence-electron chi connectivity index (χ3n) is 5.12. The minimum Gasteiger partial charge on any atom is -0.479 e. The van der Waals surface area contributed by atoms with E-state index in [1.54, 1.807) is 26.0 Å². The summed E-state index contributed by atoms with van der Waals surface area (Å²) in [5, 5.41) is 16.4. The fraction of sp³-hybridized carbons (Fsp3) is 0.471. The van der Waals surface area contributed by atoms with E-state index in [-0.39, 0.29) is 18.1 Å². The summed E-state index contributed by atoms with van der Waals surface area (Å²) >= 11 is 0. The first-order valence-electron chi connectivity index (χ1n) is 8.30. The summed E-state index contributed by atoms with van der Waals surface area (Å²) in [5.74, 6) is -1.06. The van der Waals surface area contributed by atoms with Crippen molar-refractivity contribution in [3.8, 4) is 5.82 Å². The Morgan fingerprint density at radius 2 is 2.19 bits per heavy atom. The van der Waals surface area contributed by atoms with Crippen LogP contribution in [0.1, 0.15) is 37.6 Å². The van der Waals surface area contributed by atoms with Gasteiger partial charge >= 0.3 is 5.97 Å². The molecule has 0 radical (unpaired) electrons. The number of aliphatic carboxylic acids is 1. The van der Waals surface area contributed by atoms with Gasteiger partial charge in [-0.1, -0.05) is 13.8 Å². The molecule has 9 heteroatoms. The maximum Gasteiger partial charge on any atom is 0.330 e. The van der Waals surface area contributed by atoms with Gasteiger partial charge in [0.1, 0.15) is 18.2 Å². The number of carbonyl (C=O) groups is 2. The molecule has 1 aliphatic carbocycles. The van der Waals surface area contributed by atoms with Crippen molar-refractivity contribution in [3.05, 3.63) is 36.5 Å². The van der Waals surface area contributed by atoms with Gasteiger partial charge in [0.05, 0.1) is 11.7 Å². The number of ether oxygens (including phenoxy) is 1. The predicted octanol–water partition coefficient (Wildman–Crippen LogP) is 1.05. The molecule has 26 heavy (non-hydrogen) atoms. The summed E-state index contributed by atoms with van der Waals surface area (Å²) in [6.45, 7) is 5.93. The molecule has 2 aromatic heterocycles. The van der Waals surface area contributed by atoms with Crippen LogP contribution in [0.15, 0.2) is 31.0 Å². The van der Waals surface area contributed by atoms with Crippen LogP contribution in [-0.2, 0) is 9.53 Å². The summed E-state index contributed by atoms with van der Waals surface area (Å²) in [5.41, 5.74) is -1.85. The van der Waals surface area contributed by atoms with Gasteiger partial charge in [-0.25, -0.2) is 19.4 Å². The van der Waals surface area contributed by atoms with E-state index in [9.17, 15) is 14.7 Å². The van der Waals surface area contributed by atoms with Crippen molar-refractivity contribution in [2.75, 3.05) is 6.61 Å². The lowest BCUT2D eigenvalue weighted by Crippen LogP contribution is -2.76. The molecule has 138 valence electrons. The third-order valence-corrected chi connectivity index (χ3v) is 5.12. The van der Waals surface area contributed by atoms with Crippen LogP contribution < -0.4 is 5.32 Å². The number of carbonyl (C=O) groups excluding carboxylic acids is 1. The first-order valence-corrected chi connectivity index (χ1v) is 8.30. The zero-order chi connectivity index (χ0) is 18.9. The number of hydrogen-bond acceptors (Lipinski definition) is 6. The highest BCUT2D eigenvalue weighted by Crippen LogP contribution is 2.51. The largest absolute Gasteiger partial charge is 0.479 e. The van der Waals surface area contributed by atoms with Crippen molar-refractivity contribution in [1.29, 1.82) is 0 Å². The monoisotopic (exact) mass is 359 g/mol.